The predicted octanol–water partition coefficient (Wildman–Crippen LogP) is 1.70. The Labute approximate surface area is 182 Å². The number of aromatic amines is 1. The molecule has 0 atom stereocenters. The third kappa shape index (κ3) is 4.38. The molecule has 2 amide bonds. The van der Waals surface area contributed by atoms with E-state index < -0.39 is 10.8 Å². The third-order valence-corrected chi connectivity index (χ3v) is 5.12. The van der Waals surface area contributed by atoms with Gasteiger partial charge in [0.2, 0.25) is 11.9 Å². The first-order chi connectivity index (χ1) is 15.4. The van der Waals surface area contributed by atoms with Gasteiger partial charge in [0.1, 0.15) is 11.4 Å². The second-order valence-corrected chi connectivity index (χ2v) is 7.13. The number of nitrogens with zero attached hydrogens (tertiary/aromatic N) is 6. The zero-order valence-corrected chi connectivity index (χ0v) is 17.2. The lowest BCUT2D eigenvalue weighted by Gasteiger charge is -2.35. The standard InChI is InChI=1S/C20H20N8O4/c1-13(29)26-8-10-27(11-9-26)16-6-5-14(12-17(16)28(31)32)19(30)23-20-22-18(24-25-20)15-4-2-3-7-21-15/h2-7,12H,8-11H2,1H3,(H2,22,23,24,25,30). The van der Waals surface area contributed by atoms with E-state index in [2.05, 4.69) is 25.5 Å². The average molecular weight is 436 g/mol. The molecule has 12 heteroatoms. The van der Waals surface area contributed by atoms with Crippen LogP contribution in [-0.4, -0.2) is 68.0 Å². The van der Waals surface area contributed by atoms with Gasteiger partial charge in [0, 0.05) is 50.9 Å². The summed E-state index contributed by atoms with van der Waals surface area (Å²) in [4.78, 5) is 47.2. The van der Waals surface area contributed by atoms with Gasteiger partial charge in [-0.1, -0.05) is 6.07 Å². The van der Waals surface area contributed by atoms with Gasteiger partial charge in [-0.3, -0.25) is 35.1 Å². The number of carbonyl (C=O) groups is 2. The normalized spacial score (nSPS) is 13.7. The largest absolute Gasteiger partial charge is 0.362 e. The van der Waals surface area contributed by atoms with Crippen molar-refractivity contribution >= 4 is 29.1 Å². The van der Waals surface area contributed by atoms with Gasteiger partial charge in [0.15, 0.2) is 5.82 Å². The van der Waals surface area contributed by atoms with E-state index >= 15 is 0 Å². The number of nitro groups is 1. The first kappa shape index (κ1) is 20.9. The molecule has 0 unspecified atom stereocenters. The number of benzene rings is 1. The maximum atomic E-state index is 12.6. The number of pyridine rings is 1. The molecule has 0 spiro atoms. The highest BCUT2D eigenvalue weighted by molar-refractivity contribution is 6.04. The molecule has 164 valence electrons. The number of piperazine rings is 1. The SMILES string of the molecule is CC(=O)N1CCN(c2ccc(C(=O)Nc3n[nH]c(-c4ccccn4)n3)cc2[N+](=O)[O-])CC1. The van der Waals surface area contributed by atoms with Gasteiger partial charge in [0.25, 0.3) is 11.6 Å². The molecule has 1 saturated heterocycles. The molecule has 1 aliphatic rings. The quantitative estimate of drug-likeness (QED) is 0.453. The van der Waals surface area contributed by atoms with Crippen LogP contribution in [0.1, 0.15) is 17.3 Å². The Morgan fingerprint density at radius 3 is 2.59 bits per heavy atom. The molecule has 0 bridgehead atoms. The van der Waals surface area contributed by atoms with Crippen molar-refractivity contribution in [3.63, 3.8) is 0 Å². The fourth-order valence-corrected chi connectivity index (χ4v) is 3.45. The van der Waals surface area contributed by atoms with Crippen molar-refractivity contribution < 1.29 is 14.5 Å². The van der Waals surface area contributed by atoms with E-state index in [4.69, 9.17) is 0 Å². The lowest BCUT2D eigenvalue weighted by Crippen LogP contribution is -2.48. The topological polar surface area (TPSA) is 150 Å². The molecule has 0 radical (unpaired) electrons. The molecule has 3 aromatic rings. The van der Waals surface area contributed by atoms with Gasteiger partial charge in [-0.15, -0.1) is 5.10 Å². The summed E-state index contributed by atoms with van der Waals surface area (Å²) >= 11 is 0. The number of hydrogen-bond donors (Lipinski definition) is 2. The number of carbonyl (C=O) groups excluding carboxylic acids is 2. The highest BCUT2D eigenvalue weighted by Crippen LogP contribution is 2.30. The Bertz CT molecular complexity index is 1160. The van der Waals surface area contributed by atoms with E-state index in [0.717, 1.165) is 0 Å². The number of hydrogen-bond acceptors (Lipinski definition) is 8. The summed E-state index contributed by atoms with van der Waals surface area (Å²) in [5, 5.41) is 20.8. The Morgan fingerprint density at radius 1 is 1.16 bits per heavy atom. The van der Waals surface area contributed by atoms with Crippen LogP contribution in [0.4, 0.5) is 17.3 Å². The summed E-state index contributed by atoms with van der Waals surface area (Å²) in [6.07, 6.45) is 1.61. The van der Waals surface area contributed by atoms with Crippen molar-refractivity contribution in [3.05, 3.63) is 58.3 Å². The molecule has 0 aliphatic carbocycles. The van der Waals surface area contributed by atoms with Crippen LogP contribution in [0.3, 0.4) is 0 Å². The molecular formula is C20H20N8O4. The van der Waals surface area contributed by atoms with Crippen LogP contribution in [0.5, 0.6) is 0 Å². The maximum Gasteiger partial charge on any atom is 0.293 e. The molecule has 12 nitrogen and oxygen atoms in total. The molecule has 3 heterocycles. The monoisotopic (exact) mass is 436 g/mol. The van der Waals surface area contributed by atoms with Crippen LogP contribution in [0.15, 0.2) is 42.6 Å². The molecule has 2 N–H and O–H groups in total. The van der Waals surface area contributed by atoms with Crippen LogP contribution in [-0.2, 0) is 4.79 Å². The van der Waals surface area contributed by atoms with Gasteiger partial charge in [-0.25, -0.2) is 0 Å². The molecular weight excluding hydrogens is 416 g/mol. The zero-order valence-electron chi connectivity index (χ0n) is 17.2. The minimum absolute atomic E-state index is 0.0238. The highest BCUT2D eigenvalue weighted by atomic mass is 16.6. The second-order valence-electron chi connectivity index (χ2n) is 7.13. The van der Waals surface area contributed by atoms with E-state index in [1.807, 2.05) is 4.90 Å². The number of amides is 2. The van der Waals surface area contributed by atoms with Gasteiger partial charge < -0.3 is 9.80 Å². The second kappa shape index (κ2) is 8.79. The van der Waals surface area contributed by atoms with Gasteiger partial charge in [0.05, 0.1) is 4.92 Å². The number of rotatable bonds is 5. The Hall–Kier alpha value is -4.35. The van der Waals surface area contributed by atoms with Crippen LogP contribution in [0, 0.1) is 10.1 Å². The lowest BCUT2D eigenvalue weighted by molar-refractivity contribution is -0.384. The van der Waals surface area contributed by atoms with E-state index in [9.17, 15) is 19.7 Å². The van der Waals surface area contributed by atoms with Crippen molar-refractivity contribution in [1.29, 1.82) is 0 Å². The first-order valence-electron chi connectivity index (χ1n) is 9.86. The lowest BCUT2D eigenvalue weighted by atomic mass is 10.1. The van der Waals surface area contributed by atoms with E-state index in [0.29, 0.717) is 43.4 Å². The summed E-state index contributed by atoms with van der Waals surface area (Å²) in [5.41, 5.74) is 0.889. The van der Waals surface area contributed by atoms with Gasteiger partial charge >= 0.3 is 0 Å². The number of nitro benzene ring substituents is 1. The first-order valence-corrected chi connectivity index (χ1v) is 9.86. The Balaban J connectivity index is 1.50. The van der Waals surface area contributed by atoms with Crippen molar-refractivity contribution in [2.24, 2.45) is 0 Å². The van der Waals surface area contributed by atoms with Gasteiger partial charge in [-0.05, 0) is 24.3 Å². The van der Waals surface area contributed by atoms with Crippen LogP contribution < -0.4 is 10.2 Å². The summed E-state index contributed by atoms with van der Waals surface area (Å²) in [6, 6.07) is 9.60. The molecule has 2 aromatic heterocycles. The zero-order chi connectivity index (χ0) is 22.7. The molecule has 4 rings (SSSR count). The highest BCUT2D eigenvalue weighted by Gasteiger charge is 2.26. The number of anilines is 2. The van der Waals surface area contributed by atoms with Gasteiger partial charge in [-0.2, -0.15) is 4.98 Å². The van der Waals surface area contributed by atoms with Crippen LogP contribution in [0.2, 0.25) is 0 Å². The molecule has 1 fully saturated rings. The van der Waals surface area contributed by atoms with Crippen molar-refractivity contribution in [3.8, 4) is 11.5 Å². The minimum atomic E-state index is -0.576. The fraction of sp³-hybridized carbons (Fsp3) is 0.250. The molecule has 1 aliphatic heterocycles. The third-order valence-electron chi connectivity index (χ3n) is 5.12. The maximum absolute atomic E-state index is 12.6. The summed E-state index contributed by atoms with van der Waals surface area (Å²) < 4.78 is 0. The fourth-order valence-electron chi connectivity index (χ4n) is 3.45. The van der Waals surface area contributed by atoms with E-state index in [1.165, 1.54) is 19.1 Å². The van der Waals surface area contributed by atoms with E-state index in [1.54, 1.807) is 35.4 Å². The molecule has 1 aromatic carbocycles. The van der Waals surface area contributed by atoms with Crippen LogP contribution >= 0.6 is 0 Å². The minimum Gasteiger partial charge on any atom is -0.362 e. The van der Waals surface area contributed by atoms with Crippen molar-refractivity contribution in [1.82, 2.24) is 25.1 Å². The smallest absolute Gasteiger partial charge is 0.293 e. The average Bonchev–Trinajstić information content (AvgIpc) is 3.27. The predicted molar refractivity (Wildman–Crippen MR) is 115 cm³/mol. The van der Waals surface area contributed by atoms with Crippen molar-refractivity contribution in [2.45, 2.75) is 6.92 Å². The summed E-state index contributed by atoms with van der Waals surface area (Å²) in [5.74, 6) is -0.188. The number of H-pyrrole nitrogens is 1. The Kier molecular flexibility index (Phi) is 5.75. The molecule has 0 saturated carbocycles. The Morgan fingerprint density at radius 2 is 1.94 bits per heavy atom. The summed E-state index contributed by atoms with van der Waals surface area (Å²) in [7, 11) is 0. The number of aromatic nitrogens is 4. The molecule has 32 heavy (non-hydrogen) atoms. The summed E-state index contributed by atoms with van der Waals surface area (Å²) in [6.45, 7) is 3.41. The number of nitrogens with one attached hydrogen (secondary N) is 2. The van der Waals surface area contributed by atoms with E-state index in [-0.39, 0.29) is 23.1 Å². The van der Waals surface area contributed by atoms with Crippen LogP contribution in [0.25, 0.3) is 11.5 Å². The van der Waals surface area contributed by atoms with Crippen molar-refractivity contribution in [2.75, 3.05) is 36.4 Å².